The van der Waals surface area contributed by atoms with Crippen LogP contribution in [0.4, 0.5) is 0 Å². The molecule has 8 nitrogen and oxygen atoms in total. The number of rotatable bonds is 8. The summed E-state index contributed by atoms with van der Waals surface area (Å²) in [4.78, 5) is 4.30. The van der Waals surface area contributed by atoms with Crippen LogP contribution in [0.15, 0.2) is 72.9 Å². The SMILES string of the molecule is COc1cc(CNCc2ccccn2)ccc1Oc1nnnn1-c1ccccc1. The maximum atomic E-state index is 5.93. The van der Waals surface area contributed by atoms with Gasteiger partial charge in [-0.1, -0.05) is 35.4 Å². The first kappa shape index (κ1) is 18.6. The highest BCUT2D eigenvalue weighted by atomic mass is 16.5. The van der Waals surface area contributed by atoms with E-state index in [-0.39, 0.29) is 6.01 Å². The van der Waals surface area contributed by atoms with Crippen LogP contribution in [0, 0.1) is 0 Å². The van der Waals surface area contributed by atoms with Crippen molar-refractivity contribution in [1.29, 1.82) is 0 Å². The first-order valence-corrected chi connectivity index (χ1v) is 9.12. The molecule has 2 aromatic heterocycles. The molecule has 1 N–H and O–H groups in total. The van der Waals surface area contributed by atoms with E-state index in [9.17, 15) is 0 Å². The number of aromatic nitrogens is 5. The maximum absolute atomic E-state index is 5.93. The number of pyridine rings is 1. The van der Waals surface area contributed by atoms with E-state index in [2.05, 4.69) is 25.8 Å². The van der Waals surface area contributed by atoms with Crippen molar-refractivity contribution < 1.29 is 9.47 Å². The van der Waals surface area contributed by atoms with Gasteiger partial charge in [-0.15, -0.1) is 0 Å². The summed E-state index contributed by atoms with van der Waals surface area (Å²) in [5.74, 6) is 1.14. The van der Waals surface area contributed by atoms with Crippen molar-refractivity contribution in [2.75, 3.05) is 7.11 Å². The molecule has 0 unspecified atom stereocenters. The van der Waals surface area contributed by atoms with Gasteiger partial charge in [0.25, 0.3) is 0 Å². The molecule has 0 aliphatic heterocycles. The van der Waals surface area contributed by atoms with Gasteiger partial charge in [-0.25, -0.2) is 0 Å². The molecule has 0 radical (unpaired) electrons. The quantitative estimate of drug-likeness (QED) is 0.496. The lowest BCUT2D eigenvalue weighted by molar-refractivity contribution is 0.362. The lowest BCUT2D eigenvalue weighted by Gasteiger charge is -2.12. The monoisotopic (exact) mass is 388 g/mol. The van der Waals surface area contributed by atoms with Crippen molar-refractivity contribution in [1.82, 2.24) is 30.5 Å². The molecule has 0 aliphatic carbocycles. The summed E-state index contributed by atoms with van der Waals surface area (Å²) < 4.78 is 13.0. The minimum Gasteiger partial charge on any atom is -0.493 e. The lowest BCUT2D eigenvalue weighted by Crippen LogP contribution is -2.13. The molecule has 0 bridgehead atoms. The Hall–Kier alpha value is -3.78. The fourth-order valence-electron chi connectivity index (χ4n) is 2.82. The molecule has 0 atom stereocenters. The highest BCUT2D eigenvalue weighted by molar-refractivity contribution is 5.44. The second kappa shape index (κ2) is 8.94. The molecule has 2 aromatic carbocycles. The van der Waals surface area contributed by atoms with Gasteiger partial charge in [0.2, 0.25) is 0 Å². The summed E-state index contributed by atoms with van der Waals surface area (Å²) in [7, 11) is 1.60. The summed E-state index contributed by atoms with van der Waals surface area (Å²) in [5, 5.41) is 15.1. The third-order valence-corrected chi connectivity index (χ3v) is 4.23. The fraction of sp³-hybridized carbons (Fsp3) is 0.143. The topological polar surface area (TPSA) is 87.0 Å². The summed E-state index contributed by atoms with van der Waals surface area (Å²) in [6.45, 7) is 1.36. The van der Waals surface area contributed by atoms with Crippen molar-refractivity contribution in [3.05, 3.63) is 84.2 Å². The molecule has 4 aromatic rings. The first-order chi connectivity index (χ1) is 14.3. The number of nitrogens with one attached hydrogen (secondary N) is 1. The van der Waals surface area contributed by atoms with Gasteiger partial charge < -0.3 is 14.8 Å². The molecule has 2 heterocycles. The fourth-order valence-corrected chi connectivity index (χ4v) is 2.82. The van der Waals surface area contributed by atoms with E-state index >= 15 is 0 Å². The number of hydrogen-bond acceptors (Lipinski definition) is 7. The predicted octanol–water partition coefficient (Wildman–Crippen LogP) is 3.15. The van der Waals surface area contributed by atoms with Gasteiger partial charge >= 0.3 is 6.01 Å². The summed E-state index contributed by atoms with van der Waals surface area (Å²) >= 11 is 0. The largest absolute Gasteiger partial charge is 0.493 e. The first-order valence-electron chi connectivity index (χ1n) is 9.12. The third-order valence-electron chi connectivity index (χ3n) is 4.23. The van der Waals surface area contributed by atoms with E-state index in [1.807, 2.05) is 66.7 Å². The smallest absolute Gasteiger partial charge is 0.346 e. The minimum atomic E-state index is 0.260. The number of tetrazole rings is 1. The maximum Gasteiger partial charge on any atom is 0.346 e. The summed E-state index contributed by atoms with van der Waals surface area (Å²) in [5.41, 5.74) is 2.86. The van der Waals surface area contributed by atoms with E-state index in [1.54, 1.807) is 13.3 Å². The van der Waals surface area contributed by atoms with Crippen LogP contribution in [-0.2, 0) is 13.1 Å². The molecule has 0 spiro atoms. The molecule has 29 heavy (non-hydrogen) atoms. The second-order valence-electron chi connectivity index (χ2n) is 6.22. The molecule has 0 aliphatic rings. The van der Waals surface area contributed by atoms with Gasteiger partial charge in [0.15, 0.2) is 11.5 Å². The van der Waals surface area contributed by atoms with Gasteiger partial charge in [-0.3, -0.25) is 4.98 Å². The van der Waals surface area contributed by atoms with Crippen LogP contribution >= 0.6 is 0 Å². The van der Waals surface area contributed by atoms with Gasteiger partial charge in [0, 0.05) is 19.3 Å². The van der Waals surface area contributed by atoms with Crippen LogP contribution in [-0.4, -0.2) is 32.3 Å². The summed E-state index contributed by atoms with van der Waals surface area (Å²) in [6, 6.07) is 21.4. The molecule has 0 saturated heterocycles. The van der Waals surface area contributed by atoms with Crippen LogP contribution in [0.25, 0.3) is 5.69 Å². The Morgan fingerprint density at radius 1 is 0.931 bits per heavy atom. The van der Waals surface area contributed by atoms with Gasteiger partial charge in [0.05, 0.1) is 18.5 Å². The van der Waals surface area contributed by atoms with Crippen molar-refractivity contribution in [3.63, 3.8) is 0 Å². The van der Waals surface area contributed by atoms with Gasteiger partial charge in [0.1, 0.15) is 0 Å². The van der Waals surface area contributed by atoms with E-state index in [1.165, 1.54) is 4.68 Å². The van der Waals surface area contributed by atoms with Gasteiger partial charge in [-0.05, 0) is 52.4 Å². The van der Waals surface area contributed by atoms with Crippen LogP contribution in [0.5, 0.6) is 17.5 Å². The molecular formula is C21H20N6O2. The average Bonchev–Trinajstić information content (AvgIpc) is 3.24. The van der Waals surface area contributed by atoms with Crippen molar-refractivity contribution in [2.24, 2.45) is 0 Å². The zero-order valence-electron chi connectivity index (χ0n) is 15.9. The van der Waals surface area contributed by atoms with Crippen LogP contribution in [0.3, 0.4) is 0 Å². The second-order valence-corrected chi connectivity index (χ2v) is 6.22. The van der Waals surface area contributed by atoms with E-state index < -0.39 is 0 Å². The standard InChI is InChI=1S/C21H20N6O2/c1-28-20-13-16(14-22-15-17-7-5-6-12-23-17)10-11-19(20)29-21-24-25-26-27(21)18-8-3-2-4-9-18/h2-13,22H,14-15H2,1H3. The van der Waals surface area contributed by atoms with Crippen molar-refractivity contribution in [3.8, 4) is 23.2 Å². The number of ether oxygens (including phenoxy) is 2. The molecule has 4 rings (SSSR count). The Balaban J connectivity index is 1.46. The Morgan fingerprint density at radius 2 is 1.79 bits per heavy atom. The van der Waals surface area contributed by atoms with Crippen LogP contribution in [0.1, 0.15) is 11.3 Å². The minimum absolute atomic E-state index is 0.260. The lowest BCUT2D eigenvalue weighted by atomic mass is 10.2. The summed E-state index contributed by atoms with van der Waals surface area (Å²) in [6.07, 6.45) is 1.79. The van der Waals surface area contributed by atoms with Crippen molar-refractivity contribution >= 4 is 0 Å². The molecule has 0 fully saturated rings. The molecule has 0 saturated carbocycles. The van der Waals surface area contributed by atoms with E-state index in [4.69, 9.17) is 9.47 Å². The van der Waals surface area contributed by atoms with Crippen LogP contribution < -0.4 is 14.8 Å². The number of nitrogens with zero attached hydrogens (tertiary/aromatic N) is 5. The Labute approximate surface area is 168 Å². The zero-order chi connectivity index (χ0) is 19.9. The Bertz CT molecular complexity index is 1050. The zero-order valence-corrected chi connectivity index (χ0v) is 15.9. The predicted molar refractivity (Wildman–Crippen MR) is 107 cm³/mol. The average molecular weight is 388 g/mol. The molecule has 146 valence electrons. The molecular weight excluding hydrogens is 368 g/mol. The van der Waals surface area contributed by atoms with Gasteiger partial charge in [-0.2, -0.15) is 4.68 Å². The molecule has 8 heteroatoms. The Kier molecular flexibility index (Phi) is 5.73. The number of para-hydroxylation sites is 1. The van der Waals surface area contributed by atoms with E-state index in [0.29, 0.717) is 24.6 Å². The van der Waals surface area contributed by atoms with E-state index in [0.717, 1.165) is 16.9 Å². The number of hydrogen-bond donors (Lipinski definition) is 1. The Morgan fingerprint density at radius 3 is 2.59 bits per heavy atom. The number of benzene rings is 2. The molecule has 0 amide bonds. The third kappa shape index (κ3) is 4.56. The highest BCUT2D eigenvalue weighted by Crippen LogP contribution is 2.32. The van der Waals surface area contributed by atoms with Crippen LogP contribution in [0.2, 0.25) is 0 Å². The normalized spacial score (nSPS) is 10.7. The number of methoxy groups -OCH3 is 1. The van der Waals surface area contributed by atoms with Crippen molar-refractivity contribution in [2.45, 2.75) is 13.1 Å². The highest BCUT2D eigenvalue weighted by Gasteiger charge is 2.14.